The molecule has 0 saturated heterocycles. The molecule has 1 unspecified atom stereocenters. The van der Waals surface area contributed by atoms with E-state index in [9.17, 15) is 0 Å². The fraction of sp³-hybridized carbons (Fsp3) is 0.231. The third kappa shape index (κ3) is 3.95. The van der Waals surface area contributed by atoms with Gasteiger partial charge in [0, 0.05) is 58.8 Å². The SMILES string of the molecule is CC1(C)C2=CC(N(c3ccc4c(c3)C(C)(C)c3ccccc3-4)c3cc4c(c5sc6ccccc6c35)-c3ccccc3C4(C)C)=CCC2(C)c2ccccc21. The Morgan fingerprint density at radius 2 is 1.15 bits per heavy atom. The average Bonchev–Trinajstić information content (AvgIpc) is 3.80. The molecular weight excluding hydrogens is 671 g/mol. The van der Waals surface area contributed by atoms with Crippen molar-refractivity contribution in [1.29, 1.82) is 0 Å². The van der Waals surface area contributed by atoms with E-state index in [0.717, 1.165) is 6.42 Å². The first-order valence-electron chi connectivity index (χ1n) is 19.6. The predicted octanol–water partition coefficient (Wildman–Crippen LogP) is 14.3. The summed E-state index contributed by atoms with van der Waals surface area (Å²) in [4.78, 5) is 2.64. The van der Waals surface area contributed by atoms with Crippen LogP contribution in [0.5, 0.6) is 0 Å². The number of rotatable bonds is 3. The number of hydrogen-bond acceptors (Lipinski definition) is 2. The van der Waals surface area contributed by atoms with Gasteiger partial charge in [-0.1, -0.05) is 152 Å². The molecule has 0 bridgehead atoms. The molecule has 0 saturated carbocycles. The number of nitrogens with zero attached hydrogens (tertiary/aromatic N) is 1. The molecule has 264 valence electrons. The van der Waals surface area contributed by atoms with E-state index < -0.39 is 0 Å². The van der Waals surface area contributed by atoms with Gasteiger partial charge >= 0.3 is 0 Å². The second kappa shape index (κ2) is 10.5. The topological polar surface area (TPSA) is 3.24 Å². The molecule has 0 fully saturated rings. The summed E-state index contributed by atoms with van der Waals surface area (Å²) >= 11 is 1.96. The van der Waals surface area contributed by atoms with Gasteiger partial charge in [0.25, 0.3) is 0 Å². The van der Waals surface area contributed by atoms with Gasteiger partial charge in [0.2, 0.25) is 0 Å². The molecule has 1 aromatic heterocycles. The van der Waals surface area contributed by atoms with Crippen LogP contribution in [0.4, 0.5) is 11.4 Å². The maximum absolute atomic E-state index is 2.64. The molecular formula is C52H45NS. The maximum atomic E-state index is 2.64. The van der Waals surface area contributed by atoms with Crippen LogP contribution in [-0.4, -0.2) is 0 Å². The second-order valence-electron chi connectivity index (χ2n) is 17.9. The van der Waals surface area contributed by atoms with Crippen molar-refractivity contribution >= 4 is 42.9 Å². The largest absolute Gasteiger partial charge is 0.310 e. The van der Waals surface area contributed by atoms with Gasteiger partial charge in [0.1, 0.15) is 0 Å². The van der Waals surface area contributed by atoms with E-state index >= 15 is 0 Å². The van der Waals surface area contributed by atoms with Crippen molar-refractivity contribution in [1.82, 2.24) is 0 Å². The normalized spacial score (nSPS) is 20.4. The highest BCUT2D eigenvalue weighted by atomic mass is 32.1. The molecule has 0 aliphatic heterocycles. The smallest absolute Gasteiger partial charge is 0.0558 e. The van der Waals surface area contributed by atoms with Crippen LogP contribution in [0.1, 0.15) is 88.3 Å². The Morgan fingerprint density at radius 1 is 0.537 bits per heavy atom. The van der Waals surface area contributed by atoms with Crippen molar-refractivity contribution in [3.8, 4) is 22.3 Å². The van der Waals surface area contributed by atoms with Gasteiger partial charge < -0.3 is 4.90 Å². The summed E-state index contributed by atoms with van der Waals surface area (Å²) in [6.07, 6.45) is 6.08. The van der Waals surface area contributed by atoms with Gasteiger partial charge in [-0.3, -0.25) is 0 Å². The molecule has 6 aromatic carbocycles. The summed E-state index contributed by atoms with van der Waals surface area (Å²) in [5.74, 6) is 0. The lowest BCUT2D eigenvalue weighted by Gasteiger charge is -2.38. The minimum Gasteiger partial charge on any atom is -0.310 e. The Hall–Kier alpha value is -5.18. The minimum absolute atomic E-state index is 0.0389. The van der Waals surface area contributed by atoms with E-state index in [4.69, 9.17) is 0 Å². The van der Waals surface area contributed by atoms with E-state index in [-0.39, 0.29) is 21.7 Å². The van der Waals surface area contributed by atoms with E-state index in [2.05, 4.69) is 187 Å². The third-order valence-corrected chi connectivity index (χ3v) is 15.2. The molecule has 0 radical (unpaired) electrons. The number of allylic oxidation sites excluding steroid dienone is 3. The standard InChI is InChI=1S/C52H45NS/c1-49(2)37-19-11-8-16-33(37)34-25-24-31(28-41(34)49)53(32-26-27-52(7)40-22-14-13-21-39(40)51(5,6)45(52)29-32)43-30-42-46(35-17-9-12-20-38(35)50(42,3)4)48-47(43)36-18-10-15-23-44(36)54-48/h8-26,28-30H,27H2,1-7H3. The first-order chi connectivity index (χ1) is 25.9. The number of hydrogen-bond donors (Lipinski definition) is 0. The Kier molecular flexibility index (Phi) is 6.29. The first-order valence-corrected chi connectivity index (χ1v) is 20.4. The summed E-state index contributed by atoms with van der Waals surface area (Å²) in [6.45, 7) is 17.0. The molecule has 2 heteroatoms. The Morgan fingerprint density at radius 3 is 1.93 bits per heavy atom. The zero-order chi connectivity index (χ0) is 36.9. The second-order valence-corrected chi connectivity index (χ2v) is 19.0. The highest BCUT2D eigenvalue weighted by Crippen LogP contribution is 2.60. The van der Waals surface area contributed by atoms with Crippen molar-refractivity contribution < 1.29 is 0 Å². The van der Waals surface area contributed by atoms with Crippen LogP contribution in [0.3, 0.4) is 0 Å². The highest BCUT2D eigenvalue weighted by Gasteiger charge is 2.50. The van der Waals surface area contributed by atoms with E-state index in [1.54, 1.807) is 0 Å². The van der Waals surface area contributed by atoms with Crippen LogP contribution < -0.4 is 4.90 Å². The van der Waals surface area contributed by atoms with Gasteiger partial charge in [0.05, 0.1) is 5.69 Å². The van der Waals surface area contributed by atoms with Crippen LogP contribution in [0.25, 0.3) is 42.4 Å². The molecule has 0 amide bonds. The predicted molar refractivity (Wildman–Crippen MR) is 231 cm³/mol. The molecule has 1 atom stereocenters. The number of thiophene rings is 1. The van der Waals surface area contributed by atoms with Gasteiger partial charge in [-0.25, -0.2) is 0 Å². The van der Waals surface area contributed by atoms with Crippen LogP contribution in [0, 0.1) is 0 Å². The lowest BCUT2D eigenvalue weighted by Crippen LogP contribution is -2.31. The lowest BCUT2D eigenvalue weighted by molar-refractivity contribution is 0.508. The Bertz CT molecular complexity index is 2850. The quantitative estimate of drug-likeness (QED) is 0.176. The fourth-order valence-electron chi connectivity index (χ4n) is 11.2. The highest BCUT2D eigenvalue weighted by molar-refractivity contribution is 7.26. The molecule has 1 heterocycles. The van der Waals surface area contributed by atoms with Crippen molar-refractivity contribution in [2.24, 2.45) is 0 Å². The molecule has 0 spiro atoms. The minimum atomic E-state index is -0.134. The van der Waals surface area contributed by atoms with Crippen LogP contribution >= 0.6 is 11.3 Å². The van der Waals surface area contributed by atoms with E-state index in [0.29, 0.717) is 0 Å². The monoisotopic (exact) mass is 715 g/mol. The Labute approximate surface area is 323 Å². The molecule has 4 aliphatic carbocycles. The zero-order valence-corrected chi connectivity index (χ0v) is 33.1. The summed E-state index contributed by atoms with van der Waals surface area (Å²) < 4.78 is 2.73. The van der Waals surface area contributed by atoms with Crippen LogP contribution in [0.15, 0.2) is 145 Å². The molecule has 7 aromatic rings. The van der Waals surface area contributed by atoms with Crippen molar-refractivity contribution in [2.45, 2.75) is 76.5 Å². The maximum Gasteiger partial charge on any atom is 0.0558 e. The van der Waals surface area contributed by atoms with Gasteiger partial charge in [-0.2, -0.15) is 0 Å². The number of benzene rings is 6. The van der Waals surface area contributed by atoms with E-state index in [1.165, 1.54) is 98.5 Å². The molecule has 4 aliphatic rings. The van der Waals surface area contributed by atoms with Crippen molar-refractivity contribution in [2.75, 3.05) is 4.90 Å². The summed E-state index contributed by atoms with van der Waals surface area (Å²) in [5.41, 5.74) is 19.0. The lowest BCUT2D eigenvalue weighted by atomic mass is 9.70. The fourth-order valence-corrected chi connectivity index (χ4v) is 12.5. The molecule has 0 N–H and O–H groups in total. The molecule has 54 heavy (non-hydrogen) atoms. The summed E-state index contributed by atoms with van der Waals surface area (Å²) in [7, 11) is 0. The number of fused-ring (bicyclic) bond motifs is 13. The van der Waals surface area contributed by atoms with Crippen molar-refractivity contribution in [3.63, 3.8) is 0 Å². The molecule has 11 rings (SSSR count). The zero-order valence-electron chi connectivity index (χ0n) is 32.3. The van der Waals surface area contributed by atoms with Crippen LogP contribution in [-0.2, 0) is 21.7 Å². The van der Waals surface area contributed by atoms with Gasteiger partial charge in [0.15, 0.2) is 0 Å². The van der Waals surface area contributed by atoms with Gasteiger partial charge in [-0.05, 0) is 92.4 Å². The summed E-state index contributed by atoms with van der Waals surface area (Å²) in [6, 6.07) is 46.3. The first kappa shape index (κ1) is 32.3. The molecule has 1 nitrogen and oxygen atoms in total. The van der Waals surface area contributed by atoms with E-state index in [1.807, 2.05) is 11.3 Å². The average molecular weight is 716 g/mol. The van der Waals surface area contributed by atoms with Crippen LogP contribution in [0.2, 0.25) is 0 Å². The number of anilines is 2. The van der Waals surface area contributed by atoms with Crippen molar-refractivity contribution in [3.05, 3.63) is 178 Å². The Balaban J connectivity index is 1.22. The van der Waals surface area contributed by atoms with Gasteiger partial charge in [-0.15, -0.1) is 11.3 Å². The third-order valence-electron chi connectivity index (χ3n) is 14.0. The summed E-state index contributed by atoms with van der Waals surface area (Å²) in [5, 5.41) is 2.69.